The Labute approximate surface area is 227 Å². The van der Waals surface area contributed by atoms with Crippen LogP contribution in [-0.2, 0) is 38.7 Å². The van der Waals surface area contributed by atoms with Gasteiger partial charge in [0.15, 0.2) is 0 Å². The molecule has 0 saturated heterocycles. The van der Waals surface area contributed by atoms with Crippen LogP contribution < -0.4 is 0 Å². The van der Waals surface area contributed by atoms with Gasteiger partial charge in [-0.05, 0) is 107 Å². The summed E-state index contributed by atoms with van der Waals surface area (Å²) in [6.07, 6.45) is 10.7. The SMILES string of the molecule is CC1(OC(=O)COC23CC4CC(CC(OCCOC(=O)C(F)(F)S(=O)(=O)O)(C4)C2)C3)C2CC3CC(C2)CC1C3. The number of rotatable bonds is 10. The first-order valence-corrected chi connectivity index (χ1v) is 15.7. The molecule has 8 saturated carbocycles. The molecule has 8 bridgehead atoms. The largest absolute Gasteiger partial charge is 0.465 e. The zero-order valence-electron chi connectivity index (χ0n) is 22.2. The van der Waals surface area contributed by atoms with E-state index in [1.165, 1.54) is 6.42 Å². The minimum absolute atomic E-state index is 0.111. The Morgan fingerprint density at radius 2 is 1.36 bits per heavy atom. The molecule has 8 aliphatic carbocycles. The van der Waals surface area contributed by atoms with E-state index >= 15 is 0 Å². The quantitative estimate of drug-likeness (QED) is 0.234. The molecule has 39 heavy (non-hydrogen) atoms. The average Bonchev–Trinajstić information content (AvgIpc) is 2.82. The van der Waals surface area contributed by atoms with E-state index in [4.69, 9.17) is 18.8 Å². The third-order valence-corrected chi connectivity index (χ3v) is 11.6. The predicted octanol–water partition coefficient (Wildman–Crippen LogP) is 3.89. The smallest absolute Gasteiger partial charge is 0.458 e. The number of alkyl halides is 2. The number of hydrogen-bond acceptors (Lipinski definition) is 8. The lowest BCUT2D eigenvalue weighted by molar-refractivity contribution is -0.246. The van der Waals surface area contributed by atoms with E-state index in [1.807, 2.05) is 0 Å². The van der Waals surface area contributed by atoms with Crippen LogP contribution in [0.15, 0.2) is 0 Å². The van der Waals surface area contributed by atoms with Crippen molar-refractivity contribution in [2.75, 3.05) is 19.8 Å². The molecule has 0 aliphatic heterocycles. The molecule has 0 spiro atoms. The maximum Gasteiger partial charge on any atom is 0.465 e. The van der Waals surface area contributed by atoms with Crippen molar-refractivity contribution in [2.45, 2.75) is 99.6 Å². The highest BCUT2D eigenvalue weighted by atomic mass is 32.2. The first-order valence-electron chi connectivity index (χ1n) is 14.2. The fourth-order valence-electron chi connectivity index (χ4n) is 9.79. The highest BCUT2D eigenvalue weighted by Gasteiger charge is 2.60. The maximum absolute atomic E-state index is 13.4. The van der Waals surface area contributed by atoms with Crippen molar-refractivity contribution in [1.29, 1.82) is 0 Å². The van der Waals surface area contributed by atoms with Gasteiger partial charge in [0, 0.05) is 6.42 Å². The van der Waals surface area contributed by atoms with Crippen molar-refractivity contribution in [3.05, 3.63) is 0 Å². The Morgan fingerprint density at radius 1 is 0.846 bits per heavy atom. The van der Waals surface area contributed by atoms with Crippen LogP contribution >= 0.6 is 0 Å². The van der Waals surface area contributed by atoms with E-state index in [0.717, 1.165) is 69.6 Å². The highest BCUT2D eigenvalue weighted by molar-refractivity contribution is 7.87. The lowest BCUT2D eigenvalue weighted by atomic mass is 9.50. The van der Waals surface area contributed by atoms with Crippen LogP contribution in [0, 0.1) is 35.5 Å². The van der Waals surface area contributed by atoms with Gasteiger partial charge < -0.3 is 18.9 Å². The molecule has 1 N–H and O–H groups in total. The van der Waals surface area contributed by atoms with Crippen LogP contribution in [0.3, 0.4) is 0 Å². The molecule has 0 amide bonds. The van der Waals surface area contributed by atoms with Gasteiger partial charge in [-0.15, -0.1) is 0 Å². The monoisotopic (exact) mass is 576 g/mol. The normalized spacial score (nSPS) is 44.0. The van der Waals surface area contributed by atoms with Gasteiger partial charge in [-0.1, -0.05) is 0 Å². The summed E-state index contributed by atoms with van der Waals surface area (Å²) in [6, 6.07) is 0. The summed E-state index contributed by atoms with van der Waals surface area (Å²) in [4.78, 5) is 24.5. The average molecular weight is 577 g/mol. The predicted molar refractivity (Wildman–Crippen MR) is 131 cm³/mol. The van der Waals surface area contributed by atoms with Gasteiger partial charge in [-0.25, -0.2) is 9.59 Å². The van der Waals surface area contributed by atoms with E-state index < -0.39 is 44.8 Å². The molecule has 8 aliphatic rings. The molecule has 0 heterocycles. The first-order chi connectivity index (χ1) is 18.2. The molecule has 8 rings (SSSR count). The molecule has 2 atom stereocenters. The number of ether oxygens (including phenoxy) is 4. The summed E-state index contributed by atoms with van der Waals surface area (Å²) in [5.74, 6) is 0.447. The highest BCUT2D eigenvalue weighted by Crippen LogP contribution is 2.61. The number of carbonyl (C=O) groups excluding carboxylic acids is 2. The minimum atomic E-state index is -5.92. The Bertz CT molecular complexity index is 1080. The van der Waals surface area contributed by atoms with Crippen LogP contribution in [0.4, 0.5) is 8.78 Å². The first kappa shape index (κ1) is 27.8. The van der Waals surface area contributed by atoms with Gasteiger partial charge in [0.2, 0.25) is 0 Å². The summed E-state index contributed by atoms with van der Waals surface area (Å²) in [5.41, 5.74) is -1.52. The van der Waals surface area contributed by atoms with Gasteiger partial charge >= 0.3 is 27.3 Å². The van der Waals surface area contributed by atoms with E-state index in [0.29, 0.717) is 30.1 Å². The molecular formula is C27H38F2O9S. The van der Waals surface area contributed by atoms with Crippen LogP contribution in [0.5, 0.6) is 0 Å². The van der Waals surface area contributed by atoms with Crippen LogP contribution in [0.25, 0.3) is 0 Å². The Kier molecular flexibility index (Phi) is 6.64. The summed E-state index contributed by atoms with van der Waals surface area (Å²) >= 11 is 0. The summed E-state index contributed by atoms with van der Waals surface area (Å²) in [7, 11) is -5.92. The molecule has 0 aromatic rings. The Hall–Kier alpha value is -1.37. The van der Waals surface area contributed by atoms with Crippen molar-refractivity contribution >= 4 is 22.1 Å². The van der Waals surface area contributed by atoms with E-state index in [-0.39, 0.29) is 19.2 Å². The maximum atomic E-state index is 13.4. The second kappa shape index (κ2) is 9.32. The van der Waals surface area contributed by atoms with Crippen molar-refractivity contribution in [3.8, 4) is 0 Å². The minimum Gasteiger partial charge on any atom is -0.458 e. The van der Waals surface area contributed by atoms with Gasteiger partial charge in [0.25, 0.3) is 0 Å². The topological polar surface area (TPSA) is 125 Å². The summed E-state index contributed by atoms with van der Waals surface area (Å²) in [5, 5.41) is -5.03. The molecule has 0 aromatic carbocycles. The number of halogens is 2. The van der Waals surface area contributed by atoms with Crippen molar-refractivity contribution in [2.24, 2.45) is 35.5 Å². The summed E-state index contributed by atoms with van der Waals surface area (Å²) < 4.78 is 79.8. The van der Waals surface area contributed by atoms with Crippen LogP contribution in [0.1, 0.15) is 77.6 Å². The number of esters is 2. The van der Waals surface area contributed by atoms with Gasteiger partial charge in [0.1, 0.15) is 18.8 Å². The van der Waals surface area contributed by atoms with Crippen LogP contribution in [0.2, 0.25) is 0 Å². The molecule has 220 valence electrons. The molecule has 8 fully saturated rings. The molecule has 9 nitrogen and oxygen atoms in total. The van der Waals surface area contributed by atoms with Crippen molar-refractivity contribution in [3.63, 3.8) is 0 Å². The lowest BCUT2D eigenvalue weighted by Crippen LogP contribution is -2.61. The molecule has 0 radical (unpaired) electrons. The van der Waals surface area contributed by atoms with Crippen molar-refractivity contribution < 1.29 is 50.3 Å². The van der Waals surface area contributed by atoms with Crippen molar-refractivity contribution in [1.82, 2.24) is 0 Å². The van der Waals surface area contributed by atoms with E-state index in [1.54, 1.807) is 0 Å². The summed E-state index contributed by atoms with van der Waals surface area (Å²) in [6.45, 7) is 1.22. The fraction of sp³-hybridized carbons (Fsp3) is 0.926. The zero-order valence-corrected chi connectivity index (χ0v) is 23.1. The third kappa shape index (κ3) is 4.91. The van der Waals surface area contributed by atoms with Crippen LogP contribution in [-0.4, -0.2) is 66.8 Å². The van der Waals surface area contributed by atoms with Gasteiger partial charge in [0.05, 0.1) is 17.8 Å². The number of carbonyl (C=O) groups is 2. The standard InChI is InChI=1S/C27H38F2O9S/c1-24(20-6-16-4-17(8-20)9-21(24)7-16)38-22(30)14-37-26-12-18-5-19(13-26)11-25(10-18,15-26)36-3-2-35-23(31)27(28,29)39(32,33)34/h16-21H,2-15H2,1H3,(H,32,33,34). The zero-order chi connectivity index (χ0) is 27.8. The molecule has 12 heteroatoms. The fourth-order valence-corrected chi connectivity index (χ4v) is 10.1. The van der Waals surface area contributed by atoms with Gasteiger partial charge in [-0.2, -0.15) is 17.2 Å². The second-order valence-electron chi connectivity index (χ2n) is 13.6. The van der Waals surface area contributed by atoms with Gasteiger partial charge in [-0.3, -0.25) is 4.55 Å². The molecular weight excluding hydrogens is 538 g/mol. The Morgan fingerprint density at radius 3 is 1.90 bits per heavy atom. The Balaban J connectivity index is 1.03. The molecule has 0 aromatic heterocycles. The van der Waals surface area contributed by atoms with E-state index in [2.05, 4.69) is 11.7 Å². The number of hydrogen-bond donors (Lipinski definition) is 1. The third-order valence-electron chi connectivity index (χ3n) is 10.8. The van der Waals surface area contributed by atoms with E-state index in [9.17, 15) is 26.8 Å². The molecule has 2 unspecified atom stereocenters. The lowest BCUT2D eigenvalue weighted by Gasteiger charge is -2.61. The second-order valence-corrected chi connectivity index (χ2v) is 15.0.